The summed E-state index contributed by atoms with van der Waals surface area (Å²) in [4.78, 5) is 13.8. The predicted molar refractivity (Wildman–Crippen MR) is 90.4 cm³/mol. The summed E-state index contributed by atoms with van der Waals surface area (Å²) in [5.41, 5.74) is 1.25. The van der Waals surface area contributed by atoms with Crippen LogP contribution in [0.2, 0.25) is 0 Å². The highest BCUT2D eigenvalue weighted by molar-refractivity contribution is 9.10. The maximum absolute atomic E-state index is 12.5. The van der Waals surface area contributed by atoms with Crippen LogP contribution in [0, 0.1) is 17.8 Å². The molecule has 3 nitrogen and oxygen atoms in total. The molecular weight excluding hydrogens is 348 g/mol. The molecule has 3 atom stereocenters. The topological polar surface area (TPSA) is 41.1 Å². The van der Waals surface area contributed by atoms with Crippen molar-refractivity contribution in [1.29, 1.82) is 0 Å². The zero-order chi connectivity index (χ0) is 15.0. The van der Waals surface area contributed by atoms with Crippen molar-refractivity contribution in [3.63, 3.8) is 0 Å². The lowest BCUT2D eigenvalue weighted by Crippen LogP contribution is -2.50. The third-order valence-electron chi connectivity index (χ3n) is 4.61. The van der Waals surface area contributed by atoms with E-state index in [4.69, 9.17) is 0 Å². The van der Waals surface area contributed by atoms with E-state index in [0.717, 1.165) is 23.3 Å². The monoisotopic (exact) mass is 368 g/mol. The summed E-state index contributed by atoms with van der Waals surface area (Å²) in [5.74, 6) is 2.27. The van der Waals surface area contributed by atoms with Gasteiger partial charge in [0.05, 0.1) is 6.04 Å². The third kappa shape index (κ3) is 3.15. The maximum atomic E-state index is 12.5. The molecule has 5 heteroatoms. The SMILES string of the molecule is CC1CSc2ccc(Br)cc2C1NC(=O)C(C)C1CNC1. The summed E-state index contributed by atoms with van der Waals surface area (Å²) in [7, 11) is 0. The number of carbonyl (C=O) groups excluding carboxylic acids is 1. The van der Waals surface area contributed by atoms with Crippen LogP contribution in [0.25, 0.3) is 0 Å². The number of thioether (sulfide) groups is 1. The van der Waals surface area contributed by atoms with Gasteiger partial charge in [0.25, 0.3) is 0 Å². The Morgan fingerprint density at radius 3 is 2.90 bits per heavy atom. The minimum atomic E-state index is 0.0867. The van der Waals surface area contributed by atoms with E-state index in [0.29, 0.717) is 11.8 Å². The van der Waals surface area contributed by atoms with Gasteiger partial charge in [0.15, 0.2) is 0 Å². The van der Waals surface area contributed by atoms with Gasteiger partial charge in [0.2, 0.25) is 5.91 Å². The van der Waals surface area contributed by atoms with Crippen LogP contribution in [0.1, 0.15) is 25.5 Å². The van der Waals surface area contributed by atoms with Crippen LogP contribution in [0.4, 0.5) is 0 Å². The Balaban J connectivity index is 1.78. The van der Waals surface area contributed by atoms with E-state index >= 15 is 0 Å². The predicted octanol–water partition coefficient (Wildman–Crippen LogP) is 3.20. The molecule has 21 heavy (non-hydrogen) atoms. The van der Waals surface area contributed by atoms with Gasteiger partial charge < -0.3 is 10.6 Å². The number of nitrogens with one attached hydrogen (secondary N) is 2. The normalized spacial score (nSPS) is 26.6. The van der Waals surface area contributed by atoms with Crippen LogP contribution < -0.4 is 10.6 Å². The van der Waals surface area contributed by atoms with Gasteiger partial charge in [0, 0.05) is 21.0 Å². The van der Waals surface area contributed by atoms with Crippen molar-refractivity contribution in [2.24, 2.45) is 17.8 Å². The van der Waals surface area contributed by atoms with Gasteiger partial charge in [-0.25, -0.2) is 0 Å². The molecular formula is C16H21BrN2OS. The fraction of sp³-hybridized carbons (Fsp3) is 0.562. The Bertz CT molecular complexity index is 547. The fourth-order valence-electron chi connectivity index (χ4n) is 2.90. The van der Waals surface area contributed by atoms with Crippen LogP contribution in [0.15, 0.2) is 27.6 Å². The van der Waals surface area contributed by atoms with Crippen molar-refractivity contribution < 1.29 is 4.79 Å². The molecule has 3 rings (SSSR count). The lowest BCUT2D eigenvalue weighted by molar-refractivity contribution is -0.127. The van der Waals surface area contributed by atoms with Crippen LogP contribution >= 0.6 is 27.7 Å². The van der Waals surface area contributed by atoms with E-state index in [9.17, 15) is 4.79 Å². The molecule has 0 saturated carbocycles. The number of rotatable bonds is 3. The average Bonchev–Trinajstić information content (AvgIpc) is 2.40. The highest BCUT2D eigenvalue weighted by atomic mass is 79.9. The van der Waals surface area contributed by atoms with Crippen LogP contribution in [0.3, 0.4) is 0 Å². The summed E-state index contributed by atoms with van der Waals surface area (Å²) in [6.45, 7) is 6.20. The first-order valence-corrected chi connectivity index (χ1v) is 9.27. The van der Waals surface area contributed by atoms with E-state index in [-0.39, 0.29) is 17.9 Å². The average molecular weight is 369 g/mol. The van der Waals surface area contributed by atoms with Gasteiger partial charge in [-0.05, 0) is 48.7 Å². The second-order valence-electron chi connectivity index (χ2n) is 6.16. The number of hydrogen-bond donors (Lipinski definition) is 2. The first kappa shape index (κ1) is 15.4. The molecule has 0 spiro atoms. The lowest BCUT2D eigenvalue weighted by atomic mass is 9.87. The molecule has 2 heterocycles. The molecule has 0 radical (unpaired) electrons. The first-order valence-electron chi connectivity index (χ1n) is 7.49. The molecule has 0 bridgehead atoms. The first-order chi connectivity index (χ1) is 10.1. The summed E-state index contributed by atoms with van der Waals surface area (Å²) >= 11 is 5.43. The Kier molecular flexibility index (Phi) is 4.62. The standard InChI is InChI=1S/C16H21BrN2OS/c1-9-8-21-14-4-3-12(17)5-13(14)15(9)19-16(20)10(2)11-6-18-7-11/h3-5,9-11,15,18H,6-8H2,1-2H3,(H,19,20). The van der Waals surface area contributed by atoms with Crippen LogP contribution in [-0.2, 0) is 4.79 Å². The minimum absolute atomic E-state index is 0.0867. The molecule has 1 aromatic rings. The molecule has 2 aliphatic heterocycles. The largest absolute Gasteiger partial charge is 0.349 e. The summed E-state index contributed by atoms with van der Waals surface area (Å²) in [5, 5.41) is 6.54. The molecule has 1 fully saturated rings. The van der Waals surface area contributed by atoms with Gasteiger partial charge >= 0.3 is 0 Å². The lowest BCUT2D eigenvalue weighted by Gasteiger charge is -2.36. The minimum Gasteiger partial charge on any atom is -0.349 e. The fourth-order valence-corrected chi connectivity index (χ4v) is 4.43. The Labute approximate surface area is 138 Å². The van der Waals surface area contributed by atoms with Gasteiger partial charge in [-0.3, -0.25) is 4.79 Å². The summed E-state index contributed by atoms with van der Waals surface area (Å²) < 4.78 is 1.08. The number of halogens is 1. The second-order valence-corrected chi connectivity index (χ2v) is 8.14. The van der Waals surface area contributed by atoms with Gasteiger partial charge in [-0.1, -0.05) is 29.8 Å². The van der Waals surface area contributed by atoms with E-state index in [1.807, 2.05) is 18.7 Å². The van der Waals surface area contributed by atoms with Crippen molar-refractivity contribution in [2.75, 3.05) is 18.8 Å². The van der Waals surface area contributed by atoms with Gasteiger partial charge in [0.1, 0.15) is 0 Å². The number of benzene rings is 1. The van der Waals surface area contributed by atoms with Crippen molar-refractivity contribution in [2.45, 2.75) is 24.8 Å². The second kappa shape index (κ2) is 6.31. The number of amides is 1. The van der Waals surface area contributed by atoms with Crippen LogP contribution in [-0.4, -0.2) is 24.7 Å². The van der Waals surface area contributed by atoms with Crippen molar-refractivity contribution >= 4 is 33.6 Å². The smallest absolute Gasteiger partial charge is 0.223 e. The molecule has 0 aliphatic carbocycles. The Morgan fingerprint density at radius 1 is 1.48 bits per heavy atom. The van der Waals surface area contributed by atoms with E-state index < -0.39 is 0 Å². The van der Waals surface area contributed by atoms with E-state index in [1.54, 1.807) is 0 Å². The van der Waals surface area contributed by atoms with E-state index in [2.05, 4.69) is 51.7 Å². The Morgan fingerprint density at radius 2 is 2.24 bits per heavy atom. The highest BCUT2D eigenvalue weighted by Gasteiger charge is 2.33. The molecule has 3 unspecified atom stereocenters. The van der Waals surface area contributed by atoms with Gasteiger partial charge in [-0.15, -0.1) is 11.8 Å². The molecule has 2 N–H and O–H groups in total. The van der Waals surface area contributed by atoms with Crippen molar-refractivity contribution in [3.05, 3.63) is 28.2 Å². The quantitative estimate of drug-likeness (QED) is 0.860. The van der Waals surface area contributed by atoms with Gasteiger partial charge in [-0.2, -0.15) is 0 Å². The molecule has 2 aliphatic rings. The molecule has 1 amide bonds. The summed E-state index contributed by atoms with van der Waals surface area (Å²) in [6, 6.07) is 6.50. The zero-order valence-electron chi connectivity index (χ0n) is 12.4. The molecule has 114 valence electrons. The van der Waals surface area contributed by atoms with Crippen LogP contribution in [0.5, 0.6) is 0 Å². The number of fused-ring (bicyclic) bond motifs is 1. The Hall–Kier alpha value is -0.520. The number of carbonyl (C=O) groups is 1. The third-order valence-corrected chi connectivity index (χ3v) is 6.48. The highest BCUT2D eigenvalue weighted by Crippen LogP contribution is 2.40. The number of hydrogen-bond acceptors (Lipinski definition) is 3. The van der Waals surface area contributed by atoms with Crippen molar-refractivity contribution in [1.82, 2.24) is 10.6 Å². The maximum Gasteiger partial charge on any atom is 0.223 e. The summed E-state index contributed by atoms with van der Waals surface area (Å²) in [6.07, 6.45) is 0. The molecule has 1 saturated heterocycles. The molecule has 1 aromatic carbocycles. The zero-order valence-corrected chi connectivity index (χ0v) is 14.8. The molecule has 0 aromatic heterocycles. The van der Waals surface area contributed by atoms with E-state index in [1.165, 1.54) is 10.5 Å². The van der Waals surface area contributed by atoms with Crippen molar-refractivity contribution in [3.8, 4) is 0 Å².